The predicted molar refractivity (Wildman–Crippen MR) is 88.9 cm³/mol. The molecular weight excluding hydrogens is 304 g/mol. The summed E-state index contributed by atoms with van der Waals surface area (Å²) in [5.41, 5.74) is 6.76. The maximum absolute atomic E-state index is 12.6. The Hall–Kier alpha value is -0.980. The van der Waals surface area contributed by atoms with Gasteiger partial charge in [0, 0.05) is 11.1 Å². The van der Waals surface area contributed by atoms with Crippen LogP contribution in [-0.4, -0.2) is 18.9 Å². The highest BCUT2D eigenvalue weighted by Gasteiger charge is 2.32. The van der Waals surface area contributed by atoms with Gasteiger partial charge in [0.1, 0.15) is 4.99 Å². The molecule has 1 fully saturated rings. The van der Waals surface area contributed by atoms with Crippen molar-refractivity contribution in [3.63, 3.8) is 0 Å². The molecule has 21 heavy (non-hydrogen) atoms. The van der Waals surface area contributed by atoms with Crippen molar-refractivity contribution in [3.05, 3.63) is 29.3 Å². The Morgan fingerprint density at radius 1 is 1.29 bits per heavy atom. The van der Waals surface area contributed by atoms with Gasteiger partial charge in [-0.15, -0.1) is 0 Å². The van der Waals surface area contributed by atoms with E-state index >= 15 is 0 Å². The number of aryl methyl sites for hydroxylation is 1. The predicted octanol–water partition coefficient (Wildman–Crippen LogP) is 2.63. The van der Waals surface area contributed by atoms with Crippen LogP contribution in [0.2, 0.25) is 0 Å². The molecule has 0 spiro atoms. The highest BCUT2D eigenvalue weighted by atomic mass is 32.2. The summed E-state index contributed by atoms with van der Waals surface area (Å²) in [5, 5.41) is 0. The highest BCUT2D eigenvalue weighted by molar-refractivity contribution is 7.89. The molecule has 1 saturated carbocycles. The van der Waals surface area contributed by atoms with Crippen molar-refractivity contribution in [2.45, 2.75) is 56.4 Å². The summed E-state index contributed by atoms with van der Waals surface area (Å²) in [6.45, 7) is 3.80. The first-order valence-corrected chi connectivity index (χ1v) is 9.07. The van der Waals surface area contributed by atoms with Gasteiger partial charge in [-0.1, -0.05) is 37.5 Å². The minimum atomic E-state index is -3.52. The Balaban J connectivity index is 2.27. The lowest BCUT2D eigenvalue weighted by molar-refractivity contribution is 0.294. The number of thiocarbonyl (C=S) groups is 1. The zero-order chi connectivity index (χ0) is 15.7. The van der Waals surface area contributed by atoms with Crippen molar-refractivity contribution < 1.29 is 8.42 Å². The van der Waals surface area contributed by atoms with Crippen LogP contribution in [0.25, 0.3) is 0 Å². The lowest BCUT2D eigenvalue weighted by atomic mass is 9.84. The number of nitrogens with one attached hydrogen (secondary N) is 1. The van der Waals surface area contributed by atoms with Gasteiger partial charge in [0.25, 0.3) is 0 Å². The summed E-state index contributed by atoms with van der Waals surface area (Å²) >= 11 is 4.95. The van der Waals surface area contributed by atoms with E-state index in [1.54, 1.807) is 18.2 Å². The number of sulfonamides is 1. The van der Waals surface area contributed by atoms with Gasteiger partial charge < -0.3 is 5.73 Å². The van der Waals surface area contributed by atoms with Crippen molar-refractivity contribution in [2.75, 3.05) is 0 Å². The molecule has 1 aliphatic carbocycles. The van der Waals surface area contributed by atoms with Crippen LogP contribution >= 0.6 is 12.2 Å². The van der Waals surface area contributed by atoms with E-state index < -0.39 is 10.0 Å². The fourth-order valence-electron chi connectivity index (χ4n) is 2.90. The molecular formula is C15H22N2O2S2. The zero-order valence-corrected chi connectivity index (χ0v) is 14.1. The van der Waals surface area contributed by atoms with E-state index in [0.29, 0.717) is 5.56 Å². The summed E-state index contributed by atoms with van der Waals surface area (Å²) in [7, 11) is -3.52. The summed E-state index contributed by atoms with van der Waals surface area (Å²) in [4.78, 5) is 0.551. The van der Waals surface area contributed by atoms with E-state index in [1.807, 2.05) is 13.8 Å². The largest absolute Gasteiger partial charge is 0.389 e. The van der Waals surface area contributed by atoms with Crippen LogP contribution in [0.15, 0.2) is 23.1 Å². The van der Waals surface area contributed by atoms with Crippen LogP contribution in [0, 0.1) is 6.92 Å². The maximum Gasteiger partial charge on any atom is 0.241 e. The van der Waals surface area contributed by atoms with Gasteiger partial charge in [0.2, 0.25) is 10.0 Å². The van der Waals surface area contributed by atoms with Crippen LogP contribution < -0.4 is 10.5 Å². The number of hydrogen-bond donors (Lipinski definition) is 2. The highest BCUT2D eigenvalue weighted by Crippen LogP contribution is 2.29. The fourth-order valence-corrected chi connectivity index (χ4v) is 4.68. The Kier molecular flexibility index (Phi) is 4.70. The average Bonchev–Trinajstić information content (AvgIpc) is 2.37. The molecule has 1 aromatic carbocycles. The monoisotopic (exact) mass is 326 g/mol. The first-order chi connectivity index (χ1) is 9.73. The molecule has 1 aliphatic rings. The molecule has 0 aromatic heterocycles. The average molecular weight is 326 g/mol. The Morgan fingerprint density at radius 3 is 2.43 bits per heavy atom. The van der Waals surface area contributed by atoms with Crippen molar-refractivity contribution in [3.8, 4) is 0 Å². The van der Waals surface area contributed by atoms with Gasteiger partial charge in [-0.25, -0.2) is 13.1 Å². The van der Waals surface area contributed by atoms with Crippen LogP contribution in [-0.2, 0) is 10.0 Å². The number of hydrogen-bond acceptors (Lipinski definition) is 3. The van der Waals surface area contributed by atoms with Crippen molar-refractivity contribution in [2.24, 2.45) is 5.73 Å². The van der Waals surface area contributed by atoms with Gasteiger partial charge in [0.15, 0.2) is 0 Å². The molecule has 0 saturated heterocycles. The van der Waals surface area contributed by atoms with Crippen molar-refractivity contribution in [1.82, 2.24) is 4.72 Å². The van der Waals surface area contributed by atoms with E-state index in [-0.39, 0.29) is 15.4 Å². The second-order valence-electron chi connectivity index (χ2n) is 6.07. The number of nitrogens with two attached hydrogens (primary N) is 1. The smallest absolute Gasteiger partial charge is 0.241 e. The van der Waals surface area contributed by atoms with E-state index in [0.717, 1.165) is 31.2 Å². The number of benzene rings is 1. The molecule has 0 bridgehead atoms. The fraction of sp³-hybridized carbons (Fsp3) is 0.533. The Labute approximate surface area is 132 Å². The number of rotatable bonds is 4. The third-order valence-electron chi connectivity index (χ3n) is 4.11. The van der Waals surface area contributed by atoms with Gasteiger partial charge in [-0.3, -0.25) is 0 Å². The molecule has 0 radical (unpaired) electrons. The SMILES string of the molecule is Cc1cc(S(=O)(=O)NC2(C)CCCCC2)ccc1C(N)=S. The maximum atomic E-state index is 12.6. The summed E-state index contributed by atoms with van der Waals surface area (Å²) < 4.78 is 28.0. The molecule has 3 N–H and O–H groups in total. The zero-order valence-electron chi connectivity index (χ0n) is 12.5. The molecule has 0 aliphatic heterocycles. The topological polar surface area (TPSA) is 72.2 Å². The molecule has 0 heterocycles. The molecule has 1 aromatic rings. The molecule has 2 rings (SSSR count). The van der Waals surface area contributed by atoms with E-state index in [2.05, 4.69) is 4.72 Å². The third kappa shape index (κ3) is 3.81. The van der Waals surface area contributed by atoms with Crippen LogP contribution in [0.5, 0.6) is 0 Å². The van der Waals surface area contributed by atoms with E-state index in [4.69, 9.17) is 18.0 Å². The second-order valence-corrected chi connectivity index (χ2v) is 8.19. The van der Waals surface area contributed by atoms with Gasteiger partial charge in [-0.2, -0.15) is 0 Å². The molecule has 116 valence electrons. The van der Waals surface area contributed by atoms with Crippen LogP contribution in [0.3, 0.4) is 0 Å². The minimum absolute atomic E-state index is 0.270. The molecule has 0 unspecified atom stereocenters. The first-order valence-electron chi connectivity index (χ1n) is 7.18. The first kappa shape index (κ1) is 16.4. The van der Waals surface area contributed by atoms with Crippen molar-refractivity contribution in [1.29, 1.82) is 0 Å². The minimum Gasteiger partial charge on any atom is -0.389 e. The molecule has 4 nitrogen and oxygen atoms in total. The lowest BCUT2D eigenvalue weighted by Crippen LogP contribution is -2.47. The Morgan fingerprint density at radius 2 is 1.90 bits per heavy atom. The van der Waals surface area contributed by atoms with Gasteiger partial charge in [0.05, 0.1) is 4.90 Å². The van der Waals surface area contributed by atoms with Crippen LogP contribution in [0.1, 0.15) is 50.2 Å². The molecule has 0 atom stereocenters. The second kappa shape index (κ2) is 6.02. The van der Waals surface area contributed by atoms with E-state index in [9.17, 15) is 8.42 Å². The van der Waals surface area contributed by atoms with Crippen molar-refractivity contribution >= 4 is 27.2 Å². The van der Waals surface area contributed by atoms with E-state index in [1.165, 1.54) is 6.42 Å². The Bertz CT molecular complexity index is 648. The normalized spacial score (nSPS) is 18.4. The lowest BCUT2D eigenvalue weighted by Gasteiger charge is -2.34. The van der Waals surface area contributed by atoms with Gasteiger partial charge in [-0.05, 0) is 44.4 Å². The van der Waals surface area contributed by atoms with Gasteiger partial charge >= 0.3 is 0 Å². The third-order valence-corrected chi connectivity index (χ3v) is 5.97. The molecule has 6 heteroatoms. The summed E-state index contributed by atoms with van der Waals surface area (Å²) in [5.74, 6) is 0. The standard InChI is InChI=1S/C15H22N2O2S2/c1-11-10-12(6-7-13(11)14(16)20)21(18,19)17-15(2)8-4-3-5-9-15/h6-7,10,17H,3-5,8-9H2,1-2H3,(H2,16,20). The van der Waals surface area contributed by atoms with Crippen LogP contribution in [0.4, 0.5) is 0 Å². The summed E-state index contributed by atoms with van der Waals surface area (Å²) in [6.07, 6.45) is 5.09. The summed E-state index contributed by atoms with van der Waals surface area (Å²) in [6, 6.07) is 4.87. The quantitative estimate of drug-likeness (QED) is 0.834. The molecule has 0 amide bonds.